The smallest absolute Gasteiger partial charge is 0.166 e. The second-order valence-corrected chi connectivity index (χ2v) is 1.67. The minimum absolute atomic E-state index is 1.07. The first kappa shape index (κ1) is 6.28. The zero-order valence-electron chi connectivity index (χ0n) is 3.65. The van der Waals surface area contributed by atoms with E-state index in [1.807, 2.05) is 12.2 Å². The van der Waals surface area contributed by atoms with Gasteiger partial charge in [0.25, 0.3) is 0 Å². The van der Waals surface area contributed by atoms with Crippen molar-refractivity contribution in [1.29, 1.82) is 0 Å². The molecule has 1 radical (unpaired) electrons. The Morgan fingerprint density at radius 1 is 1.83 bits per heavy atom. The molecule has 0 aromatic carbocycles. The Kier molecular flexibility index (Phi) is 5.54. The summed E-state index contributed by atoms with van der Waals surface area (Å²) in [5, 5.41) is 0. The third-order valence-electron chi connectivity index (χ3n) is 0.480. The Balaban J connectivity index is 2.49. The van der Waals surface area contributed by atoms with Crippen molar-refractivity contribution in [2.24, 2.45) is 0 Å². The lowest BCUT2D eigenvalue weighted by molar-refractivity contribution is 1.22. The summed E-state index contributed by atoms with van der Waals surface area (Å²) in [7, 11) is 0. The Morgan fingerprint density at radius 3 is 2.67 bits per heavy atom. The van der Waals surface area contributed by atoms with Crippen molar-refractivity contribution in [3.8, 4) is 0 Å². The van der Waals surface area contributed by atoms with Crippen LogP contribution in [0.4, 0.5) is 0 Å². The molecule has 0 rings (SSSR count). The van der Waals surface area contributed by atoms with Gasteiger partial charge in [-0.15, -0.1) is 6.58 Å². The summed E-state index contributed by atoms with van der Waals surface area (Å²) in [6, 6.07) is 0. The maximum Gasteiger partial charge on any atom is 0.206 e. The normalized spacial score (nSPS) is 7.50. The predicted molar refractivity (Wildman–Crippen MR) is 34.3 cm³/mol. The molecule has 0 fully saturated rings. The molecule has 0 aromatic rings. The van der Waals surface area contributed by atoms with Crippen LogP contribution in [0.5, 0.6) is 0 Å². The van der Waals surface area contributed by atoms with E-state index in [-0.39, 0.29) is 0 Å². The lowest BCUT2D eigenvalue weighted by Gasteiger charge is -1.78. The molecule has 2 heteroatoms. The molecule has 0 spiro atoms. The summed E-state index contributed by atoms with van der Waals surface area (Å²) in [6.45, 7) is 3.56. The van der Waals surface area contributed by atoms with Gasteiger partial charge < -0.3 is 0 Å². The van der Waals surface area contributed by atoms with Crippen LogP contribution >= 0.6 is 15.8 Å². The molecular weight excluding hydrogens is 139 g/mol. The van der Waals surface area contributed by atoms with E-state index in [1.165, 1.54) is 0 Å². The fraction of sp³-hybridized carbons (Fsp3) is 0.500. The minimum Gasteiger partial charge on any atom is -0.166 e. The van der Waals surface area contributed by atoms with Gasteiger partial charge in [0.05, 0.1) is 0 Å². The molecule has 33 valence electrons. The van der Waals surface area contributed by atoms with Crippen LogP contribution in [0.15, 0.2) is 12.7 Å². The highest BCUT2D eigenvalue weighted by molar-refractivity contribution is 9.23. The van der Waals surface area contributed by atoms with Gasteiger partial charge in [0.15, 0.2) is 0 Å². The van der Waals surface area contributed by atoms with E-state index in [2.05, 4.69) is 22.3 Å². The van der Waals surface area contributed by atoms with E-state index in [4.69, 9.17) is 0 Å². The van der Waals surface area contributed by atoms with Gasteiger partial charge in [-0.1, -0.05) is 12.4 Å². The van der Waals surface area contributed by atoms with Gasteiger partial charge >= 0.3 is 0 Å². The monoisotopic (exact) mass is 145 g/mol. The zero-order chi connectivity index (χ0) is 4.83. The number of hydrogen-bond acceptors (Lipinski definition) is 0. The highest BCUT2D eigenvalue weighted by Gasteiger charge is 1.76. The highest BCUT2D eigenvalue weighted by atomic mass is 79.9. The van der Waals surface area contributed by atoms with Crippen LogP contribution in [0.2, 0.25) is 6.32 Å². The van der Waals surface area contributed by atoms with Gasteiger partial charge in [-0.2, -0.15) is 15.8 Å². The van der Waals surface area contributed by atoms with E-state index < -0.39 is 0 Å². The van der Waals surface area contributed by atoms with Gasteiger partial charge in [0, 0.05) is 0 Å². The quantitative estimate of drug-likeness (QED) is 0.324. The molecule has 0 aliphatic carbocycles. The van der Waals surface area contributed by atoms with Crippen LogP contribution in [0.1, 0.15) is 6.42 Å². The molecule has 0 N–H and O–H groups in total. The van der Waals surface area contributed by atoms with Crippen molar-refractivity contribution in [3.63, 3.8) is 0 Å². The van der Waals surface area contributed by atoms with Crippen molar-refractivity contribution in [2.45, 2.75) is 12.7 Å². The van der Waals surface area contributed by atoms with Gasteiger partial charge in [0.1, 0.15) is 0 Å². The molecule has 0 bridgehead atoms. The maximum atomic E-state index is 3.56. The average molecular weight is 146 g/mol. The topological polar surface area (TPSA) is 0 Å². The lowest BCUT2D eigenvalue weighted by atomic mass is 10.0. The molecule has 0 atom stereocenters. The molecule has 0 nitrogen and oxygen atoms in total. The van der Waals surface area contributed by atoms with Gasteiger partial charge in [-0.25, -0.2) is 0 Å². The Bertz CT molecular complexity index is 36.5. The second kappa shape index (κ2) is 5.28. The van der Waals surface area contributed by atoms with E-state index in [0.29, 0.717) is 0 Å². The molecule has 0 aliphatic rings. The fourth-order valence-electron chi connectivity index (χ4n) is 0.181. The fourth-order valence-corrected chi connectivity index (χ4v) is 0.445. The first-order valence-corrected chi connectivity index (χ1v) is 2.86. The van der Waals surface area contributed by atoms with Crippen LogP contribution in [0.25, 0.3) is 0 Å². The summed E-state index contributed by atoms with van der Waals surface area (Å²) in [5.74, 6) is 0. The molecule has 6 heavy (non-hydrogen) atoms. The third-order valence-corrected chi connectivity index (χ3v) is 0.938. The second-order valence-electron chi connectivity index (χ2n) is 1.02. The van der Waals surface area contributed by atoms with Crippen molar-refractivity contribution < 1.29 is 0 Å². The van der Waals surface area contributed by atoms with Crippen LogP contribution < -0.4 is 0 Å². The van der Waals surface area contributed by atoms with E-state index in [1.54, 1.807) is 0 Å². The minimum atomic E-state index is 1.07. The largest absolute Gasteiger partial charge is 0.206 e. The summed E-state index contributed by atoms with van der Waals surface area (Å²) in [6.07, 6.45) is 6.02. The number of halogens is 1. The number of allylic oxidation sites excluding steroid dienone is 1. The number of rotatable bonds is 3. The van der Waals surface area contributed by atoms with E-state index in [0.717, 1.165) is 12.7 Å². The van der Waals surface area contributed by atoms with Crippen LogP contribution in [0, 0.1) is 0 Å². The Hall–Kier alpha value is 0.285. The lowest BCUT2D eigenvalue weighted by Crippen LogP contribution is -1.70. The highest BCUT2D eigenvalue weighted by Crippen LogP contribution is 1.90. The molecule has 0 aromatic heterocycles. The maximum absolute atomic E-state index is 3.56. The standard InChI is InChI=1S/C4H7BBr/c1-2-3-4-5-6/h2H,1,3-4H2. The first-order valence-electron chi connectivity index (χ1n) is 1.94. The van der Waals surface area contributed by atoms with Gasteiger partial charge in [0.2, 0.25) is 6.10 Å². The van der Waals surface area contributed by atoms with Crippen LogP contribution in [-0.2, 0) is 0 Å². The molecule has 0 unspecified atom stereocenters. The molecule has 0 amide bonds. The Labute approximate surface area is 47.8 Å². The molecule has 0 saturated carbocycles. The van der Waals surface area contributed by atoms with Crippen LogP contribution in [-0.4, -0.2) is 6.10 Å². The zero-order valence-corrected chi connectivity index (χ0v) is 5.24. The van der Waals surface area contributed by atoms with Crippen molar-refractivity contribution in [3.05, 3.63) is 12.7 Å². The third kappa shape index (κ3) is 4.28. The first-order chi connectivity index (χ1) is 2.91. The van der Waals surface area contributed by atoms with Crippen molar-refractivity contribution in [1.82, 2.24) is 0 Å². The molecule has 0 saturated heterocycles. The van der Waals surface area contributed by atoms with E-state index in [9.17, 15) is 0 Å². The molecule has 0 heterocycles. The van der Waals surface area contributed by atoms with Crippen molar-refractivity contribution >= 4 is 21.9 Å². The summed E-state index contributed by atoms with van der Waals surface area (Å²) in [5.41, 5.74) is 0. The average Bonchev–Trinajstić information content (AvgIpc) is 1.61. The van der Waals surface area contributed by atoms with Crippen LogP contribution in [0.3, 0.4) is 0 Å². The summed E-state index contributed by atoms with van der Waals surface area (Å²) >= 11 is 3.18. The summed E-state index contributed by atoms with van der Waals surface area (Å²) < 4.78 is 0. The predicted octanol–water partition coefficient (Wildman–Crippen LogP) is 1.99. The molecule has 0 aliphatic heterocycles. The van der Waals surface area contributed by atoms with Crippen molar-refractivity contribution in [2.75, 3.05) is 0 Å². The molecular formula is C4H7BBr. The summed E-state index contributed by atoms with van der Waals surface area (Å²) in [4.78, 5) is 0. The van der Waals surface area contributed by atoms with Gasteiger partial charge in [-0.05, 0) is 6.42 Å². The van der Waals surface area contributed by atoms with Gasteiger partial charge in [-0.3, -0.25) is 0 Å². The van der Waals surface area contributed by atoms with E-state index >= 15 is 0 Å². The Morgan fingerprint density at radius 2 is 2.50 bits per heavy atom. The number of hydrogen-bond donors (Lipinski definition) is 0. The SMILES string of the molecule is C=CCC[B]Br.